The molecule has 2 amide bonds. The van der Waals surface area contributed by atoms with Gasteiger partial charge < -0.3 is 19.9 Å². The molecule has 1 fully saturated rings. The summed E-state index contributed by atoms with van der Waals surface area (Å²) in [5.41, 5.74) is 5.74. The number of aryl methyl sites for hydroxylation is 1. The molecule has 3 unspecified atom stereocenters. The van der Waals surface area contributed by atoms with E-state index in [4.69, 9.17) is 10.5 Å². The van der Waals surface area contributed by atoms with Crippen molar-refractivity contribution in [3.05, 3.63) is 48.5 Å². The van der Waals surface area contributed by atoms with E-state index in [1.807, 2.05) is 42.0 Å². The number of fused-ring (bicyclic) bond motifs is 4. The normalized spacial score (nSPS) is 27.0. The van der Waals surface area contributed by atoms with Gasteiger partial charge in [0, 0.05) is 37.8 Å². The fourth-order valence-electron chi connectivity index (χ4n) is 4.21. The summed E-state index contributed by atoms with van der Waals surface area (Å²) in [7, 11) is 0. The van der Waals surface area contributed by atoms with Gasteiger partial charge in [0.15, 0.2) is 5.72 Å². The van der Waals surface area contributed by atoms with Gasteiger partial charge in [-0.2, -0.15) is 0 Å². The number of carbonyl (C=O) groups is 2. The van der Waals surface area contributed by atoms with Crippen LogP contribution < -0.4 is 10.5 Å². The lowest BCUT2D eigenvalue weighted by Gasteiger charge is -2.52. The van der Waals surface area contributed by atoms with Crippen molar-refractivity contribution >= 4 is 11.8 Å². The summed E-state index contributed by atoms with van der Waals surface area (Å²) >= 11 is 0. The number of carbonyl (C=O) groups excluding carboxylic acids is 2. The third-order valence-corrected chi connectivity index (χ3v) is 5.42. The monoisotopic (exact) mass is 354 g/mol. The number of hydrogen-bond donors (Lipinski definition) is 1. The van der Waals surface area contributed by atoms with E-state index in [1.54, 1.807) is 17.4 Å². The molecule has 26 heavy (non-hydrogen) atoms. The molecule has 1 saturated heterocycles. The predicted molar refractivity (Wildman–Crippen MR) is 94.1 cm³/mol. The third-order valence-electron chi connectivity index (χ3n) is 5.42. The lowest BCUT2D eigenvalue weighted by Crippen LogP contribution is -2.64. The molecule has 4 rings (SSSR count). The van der Waals surface area contributed by atoms with Gasteiger partial charge in [-0.25, -0.2) is 4.98 Å². The molecule has 136 valence electrons. The first-order chi connectivity index (χ1) is 12.5. The molecular weight excluding hydrogens is 332 g/mol. The third kappa shape index (κ3) is 2.64. The van der Waals surface area contributed by atoms with Crippen LogP contribution in [-0.2, 0) is 16.1 Å². The van der Waals surface area contributed by atoms with Crippen LogP contribution in [0.15, 0.2) is 43.0 Å². The van der Waals surface area contributed by atoms with Crippen LogP contribution >= 0.6 is 0 Å². The first-order valence-electron chi connectivity index (χ1n) is 8.84. The van der Waals surface area contributed by atoms with Crippen molar-refractivity contribution in [2.24, 2.45) is 11.7 Å². The first-order valence-corrected chi connectivity index (χ1v) is 8.84. The minimum absolute atomic E-state index is 0.236. The van der Waals surface area contributed by atoms with Gasteiger partial charge in [-0.05, 0) is 25.0 Å². The molecule has 0 aliphatic carbocycles. The van der Waals surface area contributed by atoms with Crippen molar-refractivity contribution in [3.8, 4) is 5.75 Å². The molecule has 2 aliphatic heterocycles. The summed E-state index contributed by atoms with van der Waals surface area (Å²) in [5.74, 6) is -1.17. The topological polar surface area (TPSA) is 90.5 Å². The SMILES string of the molecule is CC12CC(c3ccccc3O1)C(C(N)=O)C(=O)N2CCCn1ccnc1. The summed E-state index contributed by atoms with van der Waals surface area (Å²) < 4.78 is 8.18. The van der Waals surface area contributed by atoms with E-state index in [0.29, 0.717) is 13.0 Å². The summed E-state index contributed by atoms with van der Waals surface area (Å²) in [6.07, 6.45) is 6.65. The number of benzene rings is 1. The molecule has 3 heterocycles. The number of piperidine rings is 1. The summed E-state index contributed by atoms with van der Waals surface area (Å²) in [4.78, 5) is 30.9. The lowest BCUT2D eigenvalue weighted by atomic mass is 9.73. The Hall–Kier alpha value is -2.83. The zero-order chi connectivity index (χ0) is 18.3. The standard InChI is InChI=1S/C19H22N4O3/c1-19-11-14(13-5-2-3-6-15(13)26-19)16(17(20)24)18(25)23(19)9-4-8-22-10-7-21-12-22/h2-3,5-7,10,12,14,16H,4,8-9,11H2,1H3,(H2,20,24). The molecule has 0 radical (unpaired) electrons. The Morgan fingerprint density at radius 2 is 2.19 bits per heavy atom. The zero-order valence-corrected chi connectivity index (χ0v) is 14.7. The van der Waals surface area contributed by atoms with E-state index in [9.17, 15) is 9.59 Å². The van der Waals surface area contributed by atoms with Crippen LogP contribution in [0, 0.1) is 5.92 Å². The number of aromatic nitrogens is 2. The van der Waals surface area contributed by atoms with Crippen molar-refractivity contribution in [3.63, 3.8) is 0 Å². The highest BCUT2D eigenvalue weighted by Gasteiger charge is 2.55. The first kappa shape index (κ1) is 16.6. The molecule has 2 bridgehead atoms. The fourth-order valence-corrected chi connectivity index (χ4v) is 4.21. The Bertz CT molecular complexity index is 835. The molecule has 1 aromatic carbocycles. The van der Waals surface area contributed by atoms with E-state index >= 15 is 0 Å². The molecule has 0 saturated carbocycles. The van der Waals surface area contributed by atoms with Gasteiger partial charge in [-0.15, -0.1) is 0 Å². The number of imidazole rings is 1. The van der Waals surface area contributed by atoms with Crippen molar-refractivity contribution in [2.45, 2.75) is 38.0 Å². The number of rotatable bonds is 5. The van der Waals surface area contributed by atoms with Gasteiger partial charge in [0.05, 0.1) is 6.33 Å². The van der Waals surface area contributed by atoms with Crippen LogP contribution in [0.3, 0.4) is 0 Å². The van der Waals surface area contributed by atoms with Gasteiger partial charge in [0.1, 0.15) is 11.7 Å². The minimum atomic E-state index is -0.846. The average Bonchev–Trinajstić information content (AvgIpc) is 3.10. The largest absolute Gasteiger partial charge is 0.468 e. The second-order valence-electron chi connectivity index (χ2n) is 7.15. The van der Waals surface area contributed by atoms with Crippen LogP contribution in [0.5, 0.6) is 5.75 Å². The van der Waals surface area contributed by atoms with E-state index < -0.39 is 17.6 Å². The number of amides is 2. The van der Waals surface area contributed by atoms with Gasteiger partial charge >= 0.3 is 0 Å². The number of nitrogens with two attached hydrogens (primary N) is 1. The Morgan fingerprint density at radius 1 is 1.38 bits per heavy atom. The molecule has 2 aromatic rings. The maximum Gasteiger partial charge on any atom is 0.238 e. The van der Waals surface area contributed by atoms with Crippen LogP contribution in [0.1, 0.15) is 31.2 Å². The highest BCUT2D eigenvalue weighted by molar-refractivity contribution is 6.01. The number of hydrogen-bond acceptors (Lipinski definition) is 4. The van der Waals surface area contributed by atoms with Gasteiger partial charge in [0.25, 0.3) is 0 Å². The van der Waals surface area contributed by atoms with Crippen LogP contribution in [0.25, 0.3) is 0 Å². The second-order valence-corrected chi connectivity index (χ2v) is 7.15. The molecule has 3 atom stereocenters. The number of nitrogens with zero attached hydrogens (tertiary/aromatic N) is 3. The molecule has 0 spiro atoms. The highest BCUT2D eigenvalue weighted by Crippen LogP contribution is 2.49. The van der Waals surface area contributed by atoms with Gasteiger partial charge in [-0.3, -0.25) is 9.59 Å². The second kappa shape index (κ2) is 6.16. The summed E-state index contributed by atoms with van der Waals surface area (Å²) in [6.45, 7) is 3.15. The average molecular weight is 354 g/mol. The molecule has 7 nitrogen and oxygen atoms in total. The van der Waals surface area contributed by atoms with E-state index in [-0.39, 0.29) is 11.8 Å². The molecule has 7 heteroatoms. The molecule has 2 aliphatic rings. The van der Waals surface area contributed by atoms with Crippen LogP contribution in [0.4, 0.5) is 0 Å². The number of primary amides is 1. The van der Waals surface area contributed by atoms with Gasteiger partial charge in [0.2, 0.25) is 11.8 Å². The van der Waals surface area contributed by atoms with Crippen molar-refractivity contribution in [1.82, 2.24) is 14.5 Å². The smallest absolute Gasteiger partial charge is 0.238 e. The van der Waals surface area contributed by atoms with E-state index in [1.165, 1.54) is 0 Å². The molecular formula is C19H22N4O3. The quantitative estimate of drug-likeness (QED) is 0.824. The summed E-state index contributed by atoms with van der Waals surface area (Å²) in [6, 6.07) is 7.59. The van der Waals surface area contributed by atoms with Crippen molar-refractivity contribution in [2.75, 3.05) is 6.54 Å². The summed E-state index contributed by atoms with van der Waals surface area (Å²) in [5, 5.41) is 0. The van der Waals surface area contributed by atoms with Crippen LogP contribution in [-0.4, -0.2) is 38.5 Å². The minimum Gasteiger partial charge on any atom is -0.468 e. The van der Waals surface area contributed by atoms with E-state index in [0.717, 1.165) is 24.3 Å². The Kier molecular flexibility index (Phi) is 3.94. The number of ether oxygens (including phenoxy) is 1. The Balaban J connectivity index is 1.63. The zero-order valence-electron chi connectivity index (χ0n) is 14.7. The van der Waals surface area contributed by atoms with E-state index in [2.05, 4.69) is 4.98 Å². The van der Waals surface area contributed by atoms with Gasteiger partial charge in [-0.1, -0.05) is 18.2 Å². The maximum atomic E-state index is 13.1. The van der Waals surface area contributed by atoms with Crippen LogP contribution in [0.2, 0.25) is 0 Å². The lowest BCUT2D eigenvalue weighted by molar-refractivity contribution is -0.175. The Morgan fingerprint density at radius 3 is 2.92 bits per heavy atom. The maximum absolute atomic E-state index is 13.1. The number of para-hydroxylation sites is 1. The van der Waals surface area contributed by atoms with Crippen molar-refractivity contribution < 1.29 is 14.3 Å². The molecule has 1 aromatic heterocycles. The fraction of sp³-hybridized carbons (Fsp3) is 0.421. The molecule has 2 N–H and O–H groups in total. The highest BCUT2D eigenvalue weighted by atomic mass is 16.5. The van der Waals surface area contributed by atoms with Crippen molar-refractivity contribution in [1.29, 1.82) is 0 Å². The predicted octanol–water partition coefficient (Wildman–Crippen LogP) is 1.50. The Labute approximate surface area is 151 Å². The number of likely N-dealkylation sites (tertiary alicyclic amines) is 1.